The maximum Gasteiger partial charge on any atom is 0.137 e. The lowest BCUT2D eigenvalue weighted by Crippen LogP contribution is -2.33. The highest BCUT2D eigenvalue weighted by Gasteiger charge is 2.16. The minimum atomic E-state index is 0.577. The molecule has 1 aromatic heterocycles. The standard InChI is InChI=1S/C16H30N4O/c1-6-8-17-15-14(7-2)16(19-12-18-15)20(9-10-21-5)11-13(3)4/h12-13H,6-11H2,1-5H3,(H,17,18,19). The van der Waals surface area contributed by atoms with Gasteiger partial charge in [0.05, 0.1) is 6.61 Å². The van der Waals surface area contributed by atoms with Crippen molar-refractivity contribution in [1.29, 1.82) is 0 Å². The molecule has 0 fully saturated rings. The molecular weight excluding hydrogens is 264 g/mol. The Balaban J connectivity index is 3.04. The first-order valence-electron chi connectivity index (χ1n) is 7.95. The second kappa shape index (κ2) is 9.55. The third-order valence-corrected chi connectivity index (χ3v) is 3.27. The lowest BCUT2D eigenvalue weighted by Gasteiger charge is -2.28. The van der Waals surface area contributed by atoms with Crippen LogP contribution in [0.2, 0.25) is 0 Å². The van der Waals surface area contributed by atoms with E-state index in [1.165, 1.54) is 5.56 Å². The highest BCUT2D eigenvalue weighted by molar-refractivity contribution is 5.58. The van der Waals surface area contributed by atoms with Crippen molar-refractivity contribution < 1.29 is 4.74 Å². The van der Waals surface area contributed by atoms with Crippen molar-refractivity contribution in [1.82, 2.24) is 9.97 Å². The van der Waals surface area contributed by atoms with Crippen molar-refractivity contribution in [3.05, 3.63) is 11.9 Å². The van der Waals surface area contributed by atoms with Crippen molar-refractivity contribution in [2.45, 2.75) is 40.5 Å². The molecular formula is C16H30N4O. The fourth-order valence-corrected chi connectivity index (χ4v) is 2.32. The second-order valence-electron chi connectivity index (χ2n) is 5.64. The lowest BCUT2D eigenvalue weighted by atomic mass is 10.1. The van der Waals surface area contributed by atoms with Gasteiger partial charge in [-0.05, 0) is 18.8 Å². The first kappa shape index (κ1) is 17.7. The van der Waals surface area contributed by atoms with Crippen LogP contribution in [-0.2, 0) is 11.2 Å². The third kappa shape index (κ3) is 5.50. The molecule has 5 nitrogen and oxygen atoms in total. The predicted octanol–water partition coefficient (Wildman–Crippen LogP) is 2.97. The Bertz CT molecular complexity index is 409. The Labute approximate surface area is 129 Å². The van der Waals surface area contributed by atoms with Crippen LogP contribution < -0.4 is 10.2 Å². The smallest absolute Gasteiger partial charge is 0.137 e. The molecule has 0 saturated heterocycles. The van der Waals surface area contributed by atoms with Crippen LogP contribution >= 0.6 is 0 Å². The summed E-state index contributed by atoms with van der Waals surface area (Å²) in [5.74, 6) is 2.58. The summed E-state index contributed by atoms with van der Waals surface area (Å²) in [4.78, 5) is 11.3. The molecule has 0 aromatic carbocycles. The van der Waals surface area contributed by atoms with Gasteiger partial charge in [-0.3, -0.25) is 0 Å². The van der Waals surface area contributed by atoms with Crippen LogP contribution in [0.5, 0.6) is 0 Å². The van der Waals surface area contributed by atoms with Gasteiger partial charge in [-0.25, -0.2) is 9.97 Å². The number of nitrogens with one attached hydrogen (secondary N) is 1. The minimum Gasteiger partial charge on any atom is -0.383 e. The molecule has 1 aromatic rings. The minimum absolute atomic E-state index is 0.577. The number of hydrogen-bond acceptors (Lipinski definition) is 5. The highest BCUT2D eigenvalue weighted by Crippen LogP contribution is 2.24. The monoisotopic (exact) mass is 294 g/mol. The molecule has 1 heterocycles. The van der Waals surface area contributed by atoms with Crippen molar-refractivity contribution >= 4 is 11.6 Å². The summed E-state index contributed by atoms with van der Waals surface area (Å²) in [6, 6.07) is 0. The Morgan fingerprint density at radius 3 is 2.62 bits per heavy atom. The van der Waals surface area contributed by atoms with Crippen LogP contribution in [-0.4, -0.2) is 43.3 Å². The molecule has 1 rings (SSSR count). The average Bonchev–Trinajstić information content (AvgIpc) is 2.48. The van der Waals surface area contributed by atoms with Gasteiger partial charge in [-0.1, -0.05) is 27.7 Å². The summed E-state index contributed by atoms with van der Waals surface area (Å²) in [6.07, 6.45) is 3.66. The SMILES string of the molecule is CCCNc1ncnc(N(CCOC)CC(C)C)c1CC. The van der Waals surface area contributed by atoms with E-state index in [-0.39, 0.29) is 0 Å². The third-order valence-electron chi connectivity index (χ3n) is 3.27. The molecule has 0 spiro atoms. The van der Waals surface area contributed by atoms with Crippen molar-refractivity contribution in [3.8, 4) is 0 Å². The molecule has 21 heavy (non-hydrogen) atoms. The molecule has 0 aliphatic heterocycles. The zero-order valence-corrected chi connectivity index (χ0v) is 14.1. The molecule has 0 aliphatic rings. The number of ether oxygens (including phenoxy) is 1. The maximum atomic E-state index is 5.24. The molecule has 0 amide bonds. The van der Waals surface area contributed by atoms with E-state index in [9.17, 15) is 0 Å². The number of anilines is 2. The van der Waals surface area contributed by atoms with Crippen LogP contribution in [0.25, 0.3) is 0 Å². The predicted molar refractivity (Wildman–Crippen MR) is 89.1 cm³/mol. The quantitative estimate of drug-likeness (QED) is 0.719. The molecule has 0 saturated carbocycles. The molecule has 0 radical (unpaired) electrons. The Hall–Kier alpha value is -1.36. The van der Waals surface area contributed by atoms with E-state index < -0.39 is 0 Å². The lowest BCUT2D eigenvalue weighted by molar-refractivity contribution is 0.204. The van der Waals surface area contributed by atoms with E-state index in [4.69, 9.17) is 4.74 Å². The van der Waals surface area contributed by atoms with Crippen LogP contribution in [0.15, 0.2) is 6.33 Å². The summed E-state index contributed by atoms with van der Waals surface area (Å²) in [5, 5.41) is 3.41. The summed E-state index contributed by atoms with van der Waals surface area (Å²) < 4.78 is 5.24. The number of aromatic nitrogens is 2. The molecule has 0 unspecified atom stereocenters. The highest BCUT2D eigenvalue weighted by atomic mass is 16.5. The van der Waals surface area contributed by atoms with Gasteiger partial charge in [0.1, 0.15) is 18.0 Å². The van der Waals surface area contributed by atoms with Gasteiger partial charge in [0.25, 0.3) is 0 Å². The number of nitrogens with zero attached hydrogens (tertiary/aromatic N) is 3. The molecule has 5 heteroatoms. The number of hydrogen-bond donors (Lipinski definition) is 1. The molecule has 1 N–H and O–H groups in total. The summed E-state index contributed by atoms with van der Waals surface area (Å²) in [7, 11) is 1.74. The van der Waals surface area contributed by atoms with Crippen molar-refractivity contribution in [2.24, 2.45) is 5.92 Å². The first-order chi connectivity index (χ1) is 10.1. The normalized spacial score (nSPS) is 11.0. The molecule has 0 bridgehead atoms. The van der Waals surface area contributed by atoms with Crippen LogP contribution in [0.4, 0.5) is 11.6 Å². The van der Waals surface area contributed by atoms with Gasteiger partial charge in [-0.2, -0.15) is 0 Å². The van der Waals surface area contributed by atoms with Crippen LogP contribution in [0.1, 0.15) is 39.7 Å². The van der Waals surface area contributed by atoms with E-state index in [1.807, 2.05) is 0 Å². The van der Waals surface area contributed by atoms with E-state index >= 15 is 0 Å². The van der Waals surface area contributed by atoms with Gasteiger partial charge in [0.2, 0.25) is 0 Å². The zero-order valence-electron chi connectivity index (χ0n) is 14.1. The van der Waals surface area contributed by atoms with E-state index in [2.05, 4.69) is 47.9 Å². The van der Waals surface area contributed by atoms with Crippen LogP contribution in [0.3, 0.4) is 0 Å². The van der Waals surface area contributed by atoms with E-state index in [1.54, 1.807) is 13.4 Å². The van der Waals surface area contributed by atoms with Crippen molar-refractivity contribution in [3.63, 3.8) is 0 Å². The van der Waals surface area contributed by atoms with Gasteiger partial charge in [0, 0.05) is 32.3 Å². The maximum absolute atomic E-state index is 5.24. The summed E-state index contributed by atoms with van der Waals surface area (Å²) >= 11 is 0. The molecule has 120 valence electrons. The zero-order chi connectivity index (χ0) is 15.7. The molecule has 0 aliphatic carbocycles. The summed E-state index contributed by atoms with van der Waals surface area (Å²) in [5.41, 5.74) is 1.20. The number of methoxy groups -OCH3 is 1. The largest absolute Gasteiger partial charge is 0.383 e. The average molecular weight is 294 g/mol. The fourth-order valence-electron chi connectivity index (χ4n) is 2.32. The first-order valence-corrected chi connectivity index (χ1v) is 7.95. The molecule has 0 atom stereocenters. The second-order valence-corrected chi connectivity index (χ2v) is 5.64. The van der Waals surface area contributed by atoms with E-state index in [0.717, 1.165) is 44.1 Å². The van der Waals surface area contributed by atoms with Crippen LogP contribution in [0, 0.1) is 5.92 Å². The Morgan fingerprint density at radius 1 is 1.29 bits per heavy atom. The summed E-state index contributed by atoms with van der Waals surface area (Å²) in [6.45, 7) is 12.2. The Kier molecular flexibility index (Phi) is 8.05. The van der Waals surface area contributed by atoms with Gasteiger partial charge in [0.15, 0.2) is 0 Å². The van der Waals surface area contributed by atoms with Gasteiger partial charge in [-0.15, -0.1) is 0 Å². The van der Waals surface area contributed by atoms with Gasteiger partial charge >= 0.3 is 0 Å². The van der Waals surface area contributed by atoms with E-state index in [0.29, 0.717) is 12.5 Å². The topological polar surface area (TPSA) is 50.3 Å². The Morgan fingerprint density at radius 2 is 2.05 bits per heavy atom. The van der Waals surface area contributed by atoms with Crippen molar-refractivity contribution in [2.75, 3.05) is 43.6 Å². The number of rotatable bonds is 10. The fraction of sp³-hybridized carbons (Fsp3) is 0.750. The van der Waals surface area contributed by atoms with Gasteiger partial charge < -0.3 is 15.0 Å².